The van der Waals surface area contributed by atoms with Gasteiger partial charge in [0.15, 0.2) is 0 Å². The van der Waals surface area contributed by atoms with E-state index < -0.39 is 0 Å². The van der Waals surface area contributed by atoms with Crippen LogP contribution in [0.5, 0.6) is 0 Å². The summed E-state index contributed by atoms with van der Waals surface area (Å²) in [6, 6.07) is 0. The Morgan fingerprint density at radius 2 is 1.52 bits per heavy atom. The van der Waals surface area contributed by atoms with Gasteiger partial charge in [0.1, 0.15) is 0 Å². The lowest BCUT2D eigenvalue weighted by Crippen LogP contribution is -2.02. The van der Waals surface area contributed by atoms with Gasteiger partial charge in [-0.3, -0.25) is 4.79 Å². The fraction of sp³-hybridized carbons (Fsp3) is 0.762. The molecule has 3 nitrogen and oxygen atoms in total. The van der Waals surface area contributed by atoms with E-state index in [4.69, 9.17) is 4.52 Å². The zero-order valence-electron chi connectivity index (χ0n) is 16.4. The summed E-state index contributed by atoms with van der Waals surface area (Å²) < 4.78 is 9.99. The molecule has 0 amide bonds. The van der Waals surface area contributed by atoms with Crippen LogP contribution in [0, 0.1) is 0 Å². The Hall–Kier alpha value is -0.660. The average Bonchev–Trinajstić information content (AvgIpc) is 2.64. The molecule has 0 aliphatic carbocycles. The summed E-state index contributed by atoms with van der Waals surface area (Å²) in [4.78, 5) is 10.9. The second kappa shape index (κ2) is 19.7. The first-order chi connectivity index (χ1) is 12.2. The molecule has 0 aliphatic heterocycles. The number of carbonyl (C=O) groups excluding carboxylic acids is 1. The van der Waals surface area contributed by atoms with Gasteiger partial charge in [-0.2, -0.15) is 0 Å². The Labute approximate surface area is 157 Å². The van der Waals surface area contributed by atoms with Crippen molar-refractivity contribution in [3.63, 3.8) is 0 Å². The zero-order valence-corrected chi connectivity index (χ0v) is 17.5. The van der Waals surface area contributed by atoms with E-state index in [1.54, 1.807) is 0 Å². The van der Waals surface area contributed by atoms with Gasteiger partial charge in [-0.25, -0.2) is 0 Å². The van der Waals surface area contributed by atoms with Crippen molar-refractivity contribution in [1.29, 1.82) is 0 Å². The lowest BCUT2D eigenvalue weighted by molar-refractivity contribution is -0.140. The van der Waals surface area contributed by atoms with Crippen LogP contribution in [0.2, 0.25) is 0 Å². The maximum atomic E-state index is 10.9. The van der Waals surface area contributed by atoms with E-state index in [0.717, 1.165) is 32.1 Å². The van der Waals surface area contributed by atoms with Gasteiger partial charge < -0.3 is 9.26 Å². The smallest absolute Gasteiger partial charge is 0.305 e. The van der Waals surface area contributed by atoms with Gasteiger partial charge in [-0.05, 0) is 44.9 Å². The minimum atomic E-state index is -0.110. The van der Waals surface area contributed by atoms with Crippen molar-refractivity contribution in [3.05, 3.63) is 24.3 Å². The summed E-state index contributed by atoms with van der Waals surface area (Å²) in [6.45, 7) is 2.21. The Morgan fingerprint density at radius 3 is 2.12 bits per heavy atom. The molecule has 0 N–H and O–H groups in total. The first kappa shape index (κ1) is 24.3. The van der Waals surface area contributed by atoms with E-state index in [-0.39, 0.29) is 12.1 Å². The molecule has 0 fully saturated rings. The van der Waals surface area contributed by atoms with Gasteiger partial charge in [0, 0.05) is 15.9 Å². The van der Waals surface area contributed by atoms with E-state index in [0.29, 0.717) is 6.42 Å². The molecule has 0 bridgehead atoms. The average molecular weight is 371 g/mol. The first-order valence-corrected chi connectivity index (χ1v) is 10.5. The highest BCUT2D eigenvalue weighted by Crippen LogP contribution is 2.12. The highest BCUT2D eigenvalue weighted by atomic mass is 31.0. The summed E-state index contributed by atoms with van der Waals surface area (Å²) in [5.41, 5.74) is 0. The van der Waals surface area contributed by atoms with Crippen LogP contribution in [0.4, 0.5) is 0 Å². The number of methoxy groups -OCH3 is 1. The number of allylic oxidation sites excluding steroid dienone is 3. The predicted molar refractivity (Wildman–Crippen MR) is 111 cm³/mol. The molecule has 0 aromatic heterocycles. The lowest BCUT2D eigenvalue weighted by Gasteiger charge is -2.09. The summed E-state index contributed by atoms with van der Waals surface area (Å²) in [5.74, 6) is -0.110. The summed E-state index contributed by atoms with van der Waals surface area (Å²) in [6.07, 6.45) is 24.0. The Balaban J connectivity index is 3.36. The molecular formula is C21H39O3P. The van der Waals surface area contributed by atoms with Crippen LogP contribution < -0.4 is 0 Å². The first-order valence-electron chi connectivity index (χ1n) is 9.98. The van der Waals surface area contributed by atoms with E-state index in [1.807, 2.05) is 0 Å². The highest BCUT2D eigenvalue weighted by Gasteiger charge is 2.00. The van der Waals surface area contributed by atoms with Crippen molar-refractivity contribution in [2.45, 2.75) is 96.5 Å². The number of hydrogen-bond acceptors (Lipinski definition) is 3. The fourth-order valence-corrected chi connectivity index (χ4v) is 2.85. The van der Waals surface area contributed by atoms with Crippen molar-refractivity contribution in [1.82, 2.24) is 0 Å². The molecule has 146 valence electrons. The second-order valence-corrected chi connectivity index (χ2v) is 6.80. The SMILES string of the molecule is CCCCC(C=CCCCCCCCC=CCCCC(=O)OC)OP. The number of carbonyl (C=O) groups is 1. The van der Waals surface area contributed by atoms with Crippen LogP contribution in [-0.4, -0.2) is 19.2 Å². The molecule has 0 aliphatic rings. The molecule has 0 heterocycles. The Morgan fingerprint density at radius 1 is 0.920 bits per heavy atom. The van der Waals surface area contributed by atoms with E-state index in [2.05, 4.69) is 45.4 Å². The highest BCUT2D eigenvalue weighted by molar-refractivity contribution is 7.09. The maximum absolute atomic E-state index is 10.9. The van der Waals surface area contributed by atoms with Crippen molar-refractivity contribution in [2.75, 3.05) is 7.11 Å². The summed E-state index contributed by atoms with van der Waals surface area (Å²) in [5, 5.41) is 0. The molecule has 0 aromatic carbocycles. The van der Waals surface area contributed by atoms with Crippen LogP contribution in [0.25, 0.3) is 0 Å². The minimum Gasteiger partial charge on any atom is -0.469 e. The maximum Gasteiger partial charge on any atom is 0.305 e. The molecule has 0 radical (unpaired) electrons. The molecule has 0 aromatic rings. The molecular weight excluding hydrogens is 331 g/mol. The standard InChI is InChI=1S/C21H39O3P/c1-3-4-17-20(24-25)18-15-13-11-9-7-5-6-8-10-12-14-16-19-21(22)23-2/h10,12,15,18,20H,3-9,11,13-14,16-17,19,25H2,1-2H3. The van der Waals surface area contributed by atoms with Crippen LogP contribution in [0.3, 0.4) is 0 Å². The topological polar surface area (TPSA) is 35.5 Å². The lowest BCUT2D eigenvalue weighted by atomic mass is 10.1. The number of esters is 1. The van der Waals surface area contributed by atoms with E-state index in [9.17, 15) is 4.79 Å². The largest absolute Gasteiger partial charge is 0.469 e. The van der Waals surface area contributed by atoms with Crippen LogP contribution in [0.15, 0.2) is 24.3 Å². The van der Waals surface area contributed by atoms with Crippen molar-refractivity contribution >= 4 is 15.4 Å². The molecule has 2 unspecified atom stereocenters. The number of hydrogen-bond donors (Lipinski definition) is 0. The Kier molecular flexibility index (Phi) is 19.1. The summed E-state index contributed by atoms with van der Waals surface area (Å²) >= 11 is 0. The quantitative estimate of drug-likeness (QED) is 0.126. The number of rotatable bonds is 17. The number of ether oxygens (including phenoxy) is 1. The van der Waals surface area contributed by atoms with E-state index >= 15 is 0 Å². The Bertz CT molecular complexity index is 353. The van der Waals surface area contributed by atoms with Crippen LogP contribution in [0.1, 0.15) is 90.4 Å². The molecule has 0 saturated carbocycles. The number of unbranched alkanes of at least 4 members (excludes halogenated alkanes) is 8. The third-order valence-corrected chi connectivity index (χ3v) is 4.60. The van der Waals surface area contributed by atoms with E-state index in [1.165, 1.54) is 52.1 Å². The third-order valence-electron chi connectivity index (χ3n) is 4.26. The van der Waals surface area contributed by atoms with Gasteiger partial charge in [-0.1, -0.05) is 63.3 Å². The van der Waals surface area contributed by atoms with Gasteiger partial charge in [0.25, 0.3) is 0 Å². The van der Waals surface area contributed by atoms with Crippen molar-refractivity contribution in [3.8, 4) is 0 Å². The normalized spacial score (nSPS) is 12.9. The van der Waals surface area contributed by atoms with Crippen molar-refractivity contribution < 1.29 is 14.1 Å². The minimum absolute atomic E-state index is 0.110. The predicted octanol–water partition coefficient (Wildman–Crippen LogP) is 6.54. The fourth-order valence-electron chi connectivity index (χ4n) is 2.62. The summed E-state index contributed by atoms with van der Waals surface area (Å²) in [7, 11) is 3.83. The van der Waals surface area contributed by atoms with Crippen LogP contribution >= 0.6 is 9.47 Å². The van der Waals surface area contributed by atoms with Gasteiger partial charge in [-0.15, -0.1) is 0 Å². The molecule has 0 spiro atoms. The van der Waals surface area contributed by atoms with Gasteiger partial charge in [0.2, 0.25) is 0 Å². The molecule has 0 saturated heterocycles. The van der Waals surface area contributed by atoms with Gasteiger partial charge >= 0.3 is 5.97 Å². The zero-order chi connectivity index (χ0) is 18.6. The van der Waals surface area contributed by atoms with Gasteiger partial charge in [0.05, 0.1) is 13.2 Å². The monoisotopic (exact) mass is 370 g/mol. The second-order valence-electron chi connectivity index (χ2n) is 6.53. The van der Waals surface area contributed by atoms with Crippen molar-refractivity contribution in [2.24, 2.45) is 0 Å². The third kappa shape index (κ3) is 17.9. The van der Waals surface area contributed by atoms with Crippen LogP contribution in [-0.2, 0) is 14.1 Å². The molecule has 4 heteroatoms. The molecule has 25 heavy (non-hydrogen) atoms. The molecule has 0 rings (SSSR count). The molecule has 2 atom stereocenters.